The molecule has 3 heterocycles. The van der Waals surface area contributed by atoms with Gasteiger partial charge in [-0.2, -0.15) is 0 Å². The van der Waals surface area contributed by atoms with E-state index in [-0.39, 0.29) is 5.91 Å². The zero-order valence-electron chi connectivity index (χ0n) is 19.8. The Bertz CT molecular complexity index is 1260. The van der Waals surface area contributed by atoms with Crippen LogP contribution in [0.25, 0.3) is 22.0 Å². The van der Waals surface area contributed by atoms with E-state index in [0.717, 1.165) is 44.7 Å². The maximum Gasteiger partial charge on any atom is 0.253 e. The number of nitrogens with one attached hydrogen (secondary N) is 1. The van der Waals surface area contributed by atoms with Crippen molar-refractivity contribution in [2.24, 2.45) is 0 Å². The van der Waals surface area contributed by atoms with Crippen molar-refractivity contribution in [2.45, 2.75) is 20.4 Å². The molecule has 0 bridgehead atoms. The first-order valence-electron chi connectivity index (χ1n) is 11.0. The third kappa shape index (κ3) is 5.18. The third-order valence-corrected chi connectivity index (χ3v) is 6.52. The highest BCUT2D eigenvalue weighted by Gasteiger charge is 2.20. The molecule has 0 aliphatic rings. The van der Waals surface area contributed by atoms with Crippen LogP contribution in [-0.4, -0.2) is 47.8 Å². The van der Waals surface area contributed by atoms with Crippen molar-refractivity contribution in [2.75, 3.05) is 27.4 Å². The fourth-order valence-electron chi connectivity index (χ4n) is 3.68. The summed E-state index contributed by atoms with van der Waals surface area (Å²) in [6, 6.07) is 13.9. The second-order valence-electron chi connectivity index (χ2n) is 7.94. The molecule has 4 rings (SSSR count). The monoisotopic (exact) mass is 476 g/mol. The lowest BCUT2D eigenvalue weighted by Gasteiger charge is -2.12. The number of benzene rings is 1. The summed E-state index contributed by atoms with van der Waals surface area (Å²) in [5.41, 5.74) is 6.28. The lowest BCUT2D eigenvalue weighted by atomic mass is 10.2. The van der Waals surface area contributed by atoms with Crippen LogP contribution in [0.1, 0.15) is 27.3 Å². The first-order chi connectivity index (χ1) is 16.5. The Hall–Kier alpha value is -3.49. The minimum Gasteiger partial charge on any atom is -0.497 e. The molecule has 1 amide bonds. The smallest absolute Gasteiger partial charge is 0.253 e. The summed E-state index contributed by atoms with van der Waals surface area (Å²) in [6.45, 7) is 5.45. The number of carbonyl (C=O) groups is 1. The van der Waals surface area contributed by atoms with Gasteiger partial charge in [-0.1, -0.05) is 12.1 Å². The van der Waals surface area contributed by atoms with E-state index in [1.165, 1.54) is 0 Å². The van der Waals surface area contributed by atoms with Gasteiger partial charge in [-0.3, -0.25) is 9.78 Å². The molecule has 176 valence electrons. The summed E-state index contributed by atoms with van der Waals surface area (Å²) >= 11 is 1.57. The third-order valence-electron chi connectivity index (χ3n) is 5.63. The number of hydrogen-bond acceptors (Lipinski definition) is 6. The first-order valence-corrected chi connectivity index (χ1v) is 11.9. The fraction of sp³-hybridized carbons (Fsp3) is 0.269. The van der Waals surface area contributed by atoms with Crippen LogP contribution in [0.3, 0.4) is 0 Å². The molecule has 7 nitrogen and oxygen atoms in total. The maximum absolute atomic E-state index is 12.9. The number of pyridine rings is 1. The van der Waals surface area contributed by atoms with Gasteiger partial charge in [-0.05, 0) is 49.7 Å². The van der Waals surface area contributed by atoms with E-state index in [1.807, 2.05) is 67.9 Å². The topological polar surface area (TPSA) is 78.3 Å². The van der Waals surface area contributed by atoms with Gasteiger partial charge in [0.1, 0.15) is 10.8 Å². The highest BCUT2D eigenvalue weighted by atomic mass is 32.1. The number of ether oxygens (including phenoxy) is 2. The van der Waals surface area contributed by atoms with Crippen LogP contribution in [-0.2, 0) is 11.3 Å². The standard InChI is InChI=1S/C26H28N4O3S/c1-17-5-8-20(14-28-17)26-29-23(16-34-26)24-13-22(25(31)27-11-12-32-3)18(2)30(24)15-19-6-9-21(33-4)10-7-19/h5-10,13-14,16H,11-12,15H2,1-4H3,(H,27,31). The molecule has 0 saturated heterocycles. The number of carbonyl (C=O) groups excluding carboxylic acids is 1. The number of amides is 1. The van der Waals surface area contributed by atoms with Crippen LogP contribution in [0.2, 0.25) is 0 Å². The Kier molecular flexibility index (Phi) is 7.40. The molecule has 0 aliphatic heterocycles. The highest BCUT2D eigenvalue weighted by molar-refractivity contribution is 7.13. The van der Waals surface area contributed by atoms with E-state index in [9.17, 15) is 4.79 Å². The second-order valence-corrected chi connectivity index (χ2v) is 8.80. The molecule has 0 radical (unpaired) electrons. The average Bonchev–Trinajstić information content (AvgIpc) is 3.45. The van der Waals surface area contributed by atoms with Crippen LogP contribution in [0.5, 0.6) is 5.75 Å². The summed E-state index contributed by atoms with van der Waals surface area (Å²) in [4.78, 5) is 22.2. The molecular weight excluding hydrogens is 448 g/mol. The molecule has 0 atom stereocenters. The predicted molar refractivity (Wildman–Crippen MR) is 135 cm³/mol. The van der Waals surface area contributed by atoms with Crippen molar-refractivity contribution >= 4 is 17.2 Å². The molecule has 34 heavy (non-hydrogen) atoms. The number of nitrogens with zero attached hydrogens (tertiary/aromatic N) is 3. The van der Waals surface area contributed by atoms with Gasteiger partial charge in [0, 0.05) is 48.7 Å². The maximum atomic E-state index is 12.9. The molecule has 4 aromatic rings. The quantitative estimate of drug-likeness (QED) is 0.354. The Balaban J connectivity index is 1.71. The van der Waals surface area contributed by atoms with Crippen molar-refractivity contribution in [3.8, 4) is 27.7 Å². The summed E-state index contributed by atoms with van der Waals surface area (Å²) in [5, 5.41) is 5.85. The summed E-state index contributed by atoms with van der Waals surface area (Å²) < 4.78 is 12.5. The van der Waals surface area contributed by atoms with E-state index >= 15 is 0 Å². The largest absolute Gasteiger partial charge is 0.497 e. The van der Waals surface area contributed by atoms with E-state index in [4.69, 9.17) is 14.5 Å². The average molecular weight is 477 g/mol. The predicted octanol–water partition coefficient (Wildman–Crippen LogP) is 4.72. The molecule has 0 saturated carbocycles. The van der Waals surface area contributed by atoms with Crippen LogP contribution in [0.4, 0.5) is 0 Å². The summed E-state index contributed by atoms with van der Waals surface area (Å²) in [6.07, 6.45) is 1.84. The minimum atomic E-state index is -0.123. The number of aromatic nitrogens is 3. The Morgan fingerprint density at radius 3 is 2.59 bits per heavy atom. The lowest BCUT2D eigenvalue weighted by molar-refractivity contribution is 0.0936. The molecular formula is C26H28N4O3S. The van der Waals surface area contributed by atoms with Crippen LogP contribution in [0.15, 0.2) is 54.0 Å². The number of methoxy groups -OCH3 is 2. The van der Waals surface area contributed by atoms with Gasteiger partial charge in [-0.15, -0.1) is 11.3 Å². The molecule has 0 unspecified atom stereocenters. The number of hydrogen-bond donors (Lipinski definition) is 1. The van der Waals surface area contributed by atoms with Crippen LogP contribution < -0.4 is 10.1 Å². The number of aryl methyl sites for hydroxylation is 1. The van der Waals surface area contributed by atoms with Gasteiger partial charge in [0.25, 0.3) is 5.91 Å². The van der Waals surface area contributed by atoms with Gasteiger partial charge < -0.3 is 19.4 Å². The van der Waals surface area contributed by atoms with E-state index in [1.54, 1.807) is 25.6 Å². The van der Waals surface area contributed by atoms with Crippen molar-refractivity contribution in [1.29, 1.82) is 0 Å². The molecule has 0 fully saturated rings. The van der Waals surface area contributed by atoms with Gasteiger partial charge in [-0.25, -0.2) is 4.98 Å². The van der Waals surface area contributed by atoms with Crippen LogP contribution in [0, 0.1) is 13.8 Å². The molecule has 8 heteroatoms. The second kappa shape index (κ2) is 10.6. The SMILES string of the molecule is COCCNC(=O)c1cc(-c2csc(-c3ccc(C)nc3)n2)n(Cc2ccc(OC)cc2)c1C. The Morgan fingerprint density at radius 2 is 1.91 bits per heavy atom. The zero-order chi connectivity index (χ0) is 24.1. The van der Waals surface area contributed by atoms with Crippen molar-refractivity contribution in [3.63, 3.8) is 0 Å². The lowest BCUT2D eigenvalue weighted by Crippen LogP contribution is -2.27. The van der Waals surface area contributed by atoms with Gasteiger partial charge in [0.05, 0.1) is 30.7 Å². The molecule has 0 aliphatic carbocycles. The van der Waals surface area contributed by atoms with E-state index in [0.29, 0.717) is 25.3 Å². The number of thiazole rings is 1. The van der Waals surface area contributed by atoms with Crippen molar-refractivity contribution < 1.29 is 14.3 Å². The zero-order valence-corrected chi connectivity index (χ0v) is 20.6. The van der Waals surface area contributed by atoms with Gasteiger partial charge >= 0.3 is 0 Å². The molecule has 3 aromatic heterocycles. The van der Waals surface area contributed by atoms with Crippen molar-refractivity contribution in [3.05, 3.63) is 76.6 Å². The van der Waals surface area contributed by atoms with E-state index < -0.39 is 0 Å². The van der Waals surface area contributed by atoms with Gasteiger partial charge in [0.2, 0.25) is 0 Å². The van der Waals surface area contributed by atoms with Crippen LogP contribution >= 0.6 is 11.3 Å². The summed E-state index contributed by atoms with van der Waals surface area (Å²) in [7, 11) is 3.27. The molecule has 0 spiro atoms. The molecule has 1 N–H and O–H groups in total. The van der Waals surface area contributed by atoms with Crippen molar-refractivity contribution in [1.82, 2.24) is 19.9 Å². The highest BCUT2D eigenvalue weighted by Crippen LogP contribution is 2.32. The summed E-state index contributed by atoms with van der Waals surface area (Å²) in [5.74, 6) is 0.685. The van der Waals surface area contributed by atoms with Gasteiger partial charge in [0.15, 0.2) is 0 Å². The Morgan fingerprint density at radius 1 is 1.12 bits per heavy atom. The minimum absolute atomic E-state index is 0.123. The molecule has 1 aromatic carbocycles. The number of rotatable bonds is 9. The van der Waals surface area contributed by atoms with E-state index in [2.05, 4.69) is 14.9 Å². The fourth-order valence-corrected chi connectivity index (χ4v) is 4.49. The Labute approximate surface area is 203 Å². The normalized spacial score (nSPS) is 10.9. The first kappa shape index (κ1) is 23.7.